The monoisotopic (exact) mass is 507 g/mol. The molecule has 36 heavy (non-hydrogen) atoms. The zero-order valence-electron chi connectivity index (χ0n) is 19.0. The van der Waals surface area contributed by atoms with Crippen LogP contribution in [0.3, 0.4) is 0 Å². The molecule has 0 saturated carbocycles. The molecule has 0 aliphatic carbocycles. The third-order valence-corrected chi connectivity index (χ3v) is 5.11. The van der Waals surface area contributed by atoms with Crippen molar-refractivity contribution in [3.8, 4) is 23.3 Å². The fourth-order valence-electron chi connectivity index (χ4n) is 2.99. The molecule has 10 nitrogen and oxygen atoms in total. The second-order valence-corrected chi connectivity index (χ2v) is 7.48. The number of benzene rings is 3. The standard InChI is InChI=1S/C25H18ClN3O7/c1-34-19-7-4-16(5-8-19)25(31)36-23-12-15(3-10-22(23)35-2)11-17(14-27)24(30)28-18-6-9-20(26)21(13-18)29(32)33/h3-13H,1-2H3,(H,28,30)/b17-11+. The smallest absolute Gasteiger partial charge is 0.343 e. The molecule has 0 radical (unpaired) electrons. The lowest BCUT2D eigenvalue weighted by atomic mass is 10.1. The number of nitriles is 1. The molecular weight excluding hydrogens is 490 g/mol. The van der Waals surface area contributed by atoms with Gasteiger partial charge < -0.3 is 19.5 Å². The fourth-order valence-corrected chi connectivity index (χ4v) is 3.18. The van der Waals surface area contributed by atoms with Crippen LogP contribution >= 0.6 is 11.6 Å². The Morgan fingerprint density at radius 3 is 2.36 bits per heavy atom. The van der Waals surface area contributed by atoms with Crippen LogP contribution in [0.25, 0.3) is 6.08 Å². The first-order chi connectivity index (χ1) is 17.2. The Kier molecular flexibility index (Phi) is 8.22. The van der Waals surface area contributed by atoms with Gasteiger partial charge in [0.25, 0.3) is 11.6 Å². The number of nitrogens with one attached hydrogen (secondary N) is 1. The SMILES string of the molecule is COc1ccc(C(=O)Oc2cc(/C=C(\C#N)C(=O)Nc3ccc(Cl)c([N+](=O)[O-])c3)ccc2OC)cc1. The molecule has 0 spiro atoms. The van der Waals surface area contributed by atoms with E-state index in [-0.39, 0.29) is 33.3 Å². The van der Waals surface area contributed by atoms with Crippen LogP contribution in [-0.4, -0.2) is 31.0 Å². The quantitative estimate of drug-likeness (QED) is 0.112. The average Bonchev–Trinajstić information content (AvgIpc) is 2.88. The summed E-state index contributed by atoms with van der Waals surface area (Å²) in [6, 6.07) is 16.3. The van der Waals surface area contributed by atoms with E-state index in [2.05, 4.69) is 5.32 Å². The summed E-state index contributed by atoms with van der Waals surface area (Å²) in [7, 11) is 2.90. The molecule has 0 aliphatic rings. The molecule has 182 valence electrons. The van der Waals surface area contributed by atoms with Crippen molar-refractivity contribution in [1.82, 2.24) is 0 Å². The number of carbonyl (C=O) groups is 2. The van der Waals surface area contributed by atoms with Crippen molar-refractivity contribution >= 4 is 40.9 Å². The number of nitro benzene ring substituents is 1. The van der Waals surface area contributed by atoms with Crippen LogP contribution in [0, 0.1) is 21.4 Å². The molecule has 0 fully saturated rings. The van der Waals surface area contributed by atoms with Gasteiger partial charge in [0.2, 0.25) is 0 Å². The largest absolute Gasteiger partial charge is 0.497 e. The Balaban J connectivity index is 1.84. The van der Waals surface area contributed by atoms with E-state index < -0.39 is 22.5 Å². The second-order valence-electron chi connectivity index (χ2n) is 7.08. The van der Waals surface area contributed by atoms with Crippen LogP contribution in [-0.2, 0) is 4.79 Å². The minimum Gasteiger partial charge on any atom is -0.497 e. The third-order valence-electron chi connectivity index (χ3n) is 4.79. The van der Waals surface area contributed by atoms with Gasteiger partial charge >= 0.3 is 5.97 Å². The summed E-state index contributed by atoms with van der Waals surface area (Å²) in [6.45, 7) is 0. The lowest BCUT2D eigenvalue weighted by molar-refractivity contribution is -0.384. The van der Waals surface area contributed by atoms with Crippen molar-refractivity contribution in [3.05, 3.63) is 92.5 Å². The normalized spacial score (nSPS) is 10.7. The predicted octanol–water partition coefficient (Wildman–Crippen LogP) is 5.03. The first-order valence-corrected chi connectivity index (χ1v) is 10.5. The summed E-state index contributed by atoms with van der Waals surface area (Å²) in [5.74, 6) is -0.559. The third kappa shape index (κ3) is 6.16. The lowest BCUT2D eigenvalue weighted by Gasteiger charge is -2.11. The Morgan fingerprint density at radius 2 is 1.75 bits per heavy atom. The number of hydrogen-bond donors (Lipinski definition) is 1. The van der Waals surface area contributed by atoms with Gasteiger partial charge in [-0.2, -0.15) is 5.26 Å². The zero-order valence-corrected chi connectivity index (χ0v) is 19.7. The highest BCUT2D eigenvalue weighted by Crippen LogP contribution is 2.31. The molecule has 0 saturated heterocycles. The van der Waals surface area contributed by atoms with Gasteiger partial charge in [-0.05, 0) is 60.2 Å². The fraction of sp³-hybridized carbons (Fsp3) is 0.0800. The topological polar surface area (TPSA) is 141 Å². The van der Waals surface area contributed by atoms with Gasteiger partial charge in [0.1, 0.15) is 22.4 Å². The van der Waals surface area contributed by atoms with Gasteiger partial charge in [0.05, 0.1) is 24.7 Å². The molecule has 0 bridgehead atoms. The summed E-state index contributed by atoms with van der Waals surface area (Å²) in [5.41, 5.74) is 0.0248. The molecule has 3 aromatic carbocycles. The highest BCUT2D eigenvalue weighted by Gasteiger charge is 2.17. The number of nitrogens with zero attached hydrogens (tertiary/aromatic N) is 2. The maximum absolute atomic E-state index is 12.6. The van der Waals surface area contributed by atoms with E-state index in [1.54, 1.807) is 24.3 Å². The molecule has 11 heteroatoms. The van der Waals surface area contributed by atoms with Crippen LogP contribution < -0.4 is 19.5 Å². The van der Waals surface area contributed by atoms with Crippen LogP contribution in [0.5, 0.6) is 17.2 Å². The molecule has 0 aromatic heterocycles. The van der Waals surface area contributed by atoms with Crippen molar-refractivity contribution in [3.63, 3.8) is 0 Å². The molecule has 0 aliphatic heterocycles. The Hall–Kier alpha value is -4.88. The number of hydrogen-bond acceptors (Lipinski definition) is 8. The maximum Gasteiger partial charge on any atom is 0.343 e. The van der Waals surface area contributed by atoms with E-state index >= 15 is 0 Å². The number of rotatable bonds is 8. The maximum atomic E-state index is 12.6. The minimum absolute atomic E-state index is 0.0677. The molecule has 3 rings (SSSR count). The molecule has 0 unspecified atom stereocenters. The van der Waals surface area contributed by atoms with Gasteiger partial charge in [-0.3, -0.25) is 14.9 Å². The van der Waals surface area contributed by atoms with Gasteiger partial charge in [-0.15, -0.1) is 0 Å². The summed E-state index contributed by atoms with van der Waals surface area (Å²) < 4.78 is 15.8. The summed E-state index contributed by atoms with van der Waals surface area (Å²) in [6.07, 6.45) is 1.27. The first-order valence-electron chi connectivity index (χ1n) is 10.2. The molecule has 0 heterocycles. The van der Waals surface area contributed by atoms with Gasteiger partial charge in [-0.1, -0.05) is 17.7 Å². The summed E-state index contributed by atoms with van der Waals surface area (Å²) in [4.78, 5) is 35.6. The van der Waals surface area contributed by atoms with E-state index in [9.17, 15) is 25.0 Å². The van der Waals surface area contributed by atoms with Crippen molar-refractivity contribution in [2.75, 3.05) is 19.5 Å². The molecule has 1 amide bonds. The van der Waals surface area contributed by atoms with Crippen LogP contribution in [0.1, 0.15) is 15.9 Å². The molecule has 1 N–H and O–H groups in total. The van der Waals surface area contributed by atoms with Gasteiger partial charge in [0, 0.05) is 11.8 Å². The van der Waals surface area contributed by atoms with Crippen molar-refractivity contribution in [2.24, 2.45) is 0 Å². The Bertz CT molecular complexity index is 1400. The number of ether oxygens (including phenoxy) is 3. The first kappa shape index (κ1) is 25.7. The van der Waals surface area contributed by atoms with Gasteiger partial charge in [-0.25, -0.2) is 4.79 Å². The molecule has 3 aromatic rings. The second kappa shape index (κ2) is 11.5. The van der Waals surface area contributed by atoms with E-state index in [1.807, 2.05) is 0 Å². The van der Waals surface area contributed by atoms with Gasteiger partial charge in [0.15, 0.2) is 11.5 Å². The van der Waals surface area contributed by atoms with E-state index in [0.717, 1.165) is 6.07 Å². The van der Waals surface area contributed by atoms with Crippen LogP contribution in [0.15, 0.2) is 66.2 Å². The van der Waals surface area contributed by atoms with Crippen LogP contribution in [0.4, 0.5) is 11.4 Å². The van der Waals surface area contributed by atoms with E-state index in [0.29, 0.717) is 11.3 Å². The predicted molar refractivity (Wildman–Crippen MR) is 131 cm³/mol. The summed E-state index contributed by atoms with van der Waals surface area (Å²) >= 11 is 5.78. The number of esters is 1. The zero-order chi connectivity index (χ0) is 26.2. The van der Waals surface area contributed by atoms with E-state index in [4.69, 9.17) is 25.8 Å². The van der Waals surface area contributed by atoms with Crippen molar-refractivity contribution < 1.29 is 28.7 Å². The average molecular weight is 508 g/mol. The van der Waals surface area contributed by atoms with Crippen molar-refractivity contribution in [1.29, 1.82) is 5.26 Å². The number of anilines is 1. The highest BCUT2D eigenvalue weighted by atomic mass is 35.5. The Labute approximate surface area is 210 Å². The number of methoxy groups -OCH3 is 2. The molecular formula is C25H18ClN3O7. The minimum atomic E-state index is -0.804. The number of carbonyl (C=O) groups excluding carboxylic acids is 2. The molecule has 0 atom stereocenters. The summed E-state index contributed by atoms with van der Waals surface area (Å²) in [5, 5.41) is 22.9. The van der Waals surface area contributed by atoms with Crippen LogP contribution in [0.2, 0.25) is 5.02 Å². The highest BCUT2D eigenvalue weighted by molar-refractivity contribution is 6.32. The number of halogens is 1. The number of nitro groups is 1. The lowest BCUT2D eigenvalue weighted by Crippen LogP contribution is -2.13. The van der Waals surface area contributed by atoms with E-state index in [1.165, 1.54) is 56.7 Å². The van der Waals surface area contributed by atoms with Crippen molar-refractivity contribution in [2.45, 2.75) is 0 Å². The Morgan fingerprint density at radius 1 is 1.03 bits per heavy atom. The number of amides is 1.